The van der Waals surface area contributed by atoms with E-state index in [0.29, 0.717) is 18.1 Å². The van der Waals surface area contributed by atoms with Gasteiger partial charge in [0.2, 0.25) is 0 Å². The SMILES string of the molecule is N#Cc1cc(O[C@H]2CCOC2)ccn1. The van der Waals surface area contributed by atoms with Crippen molar-refractivity contribution in [3.8, 4) is 11.8 Å². The van der Waals surface area contributed by atoms with Crippen molar-refractivity contribution >= 4 is 0 Å². The van der Waals surface area contributed by atoms with Gasteiger partial charge in [-0.05, 0) is 6.07 Å². The molecule has 0 bridgehead atoms. The predicted octanol–water partition coefficient (Wildman–Crippen LogP) is 1.12. The summed E-state index contributed by atoms with van der Waals surface area (Å²) in [6, 6.07) is 5.36. The third-order valence-electron chi connectivity index (χ3n) is 2.04. The van der Waals surface area contributed by atoms with Crippen molar-refractivity contribution in [3.63, 3.8) is 0 Å². The smallest absolute Gasteiger partial charge is 0.144 e. The summed E-state index contributed by atoms with van der Waals surface area (Å²) in [7, 11) is 0. The Kier molecular flexibility index (Phi) is 2.61. The molecule has 0 N–H and O–H groups in total. The molecule has 0 saturated carbocycles. The minimum Gasteiger partial charge on any atom is -0.488 e. The number of rotatable bonds is 2. The minimum atomic E-state index is 0.115. The van der Waals surface area contributed by atoms with Crippen LogP contribution < -0.4 is 4.74 Å². The van der Waals surface area contributed by atoms with Crippen LogP contribution in [0.2, 0.25) is 0 Å². The fourth-order valence-corrected chi connectivity index (χ4v) is 1.34. The van der Waals surface area contributed by atoms with Crippen LogP contribution in [0.4, 0.5) is 0 Å². The maximum absolute atomic E-state index is 8.63. The van der Waals surface area contributed by atoms with E-state index in [0.717, 1.165) is 13.0 Å². The van der Waals surface area contributed by atoms with Crippen LogP contribution in [0, 0.1) is 11.3 Å². The summed E-state index contributed by atoms with van der Waals surface area (Å²) >= 11 is 0. The number of ether oxygens (including phenoxy) is 2. The van der Waals surface area contributed by atoms with Gasteiger partial charge in [0.1, 0.15) is 23.6 Å². The van der Waals surface area contributed by atoms with E-state index in [1.54, 1.807) is 18.3 Å². The van der Waals surface area contributed by atoms with E-state index in [1.165, 1.54) is 0 Å². The molecule has 0 spiro atoms. The lowest BCUT2D eigenvalue weighted by Crippen LogP contribution is -2.15. The molecule has 0 unspecified atom stereocenters. The topological polar surface area (TPSA) is 55.1 Å². The van der Waals surface area contributed by atoms with Crippen molar-refractivity contribution in [2.45, 2.75) is 12.5 Å². The molecular weight excluding hydrogens is 180 g/mol. The van der Waals surface area contributed by atoms with Crippen molar-refractivity contribution in [2.24, 2.45) is 0 Å². The molecule has 0 amide bonds. The lowest BCUT2D eigenvalue weighted by atomic mass is 10.3. The van der Waals surface area contributed by atoms with Gasteiger partial charge in [0.15, 0.2) is 0 Å². The molecule has 2 heterocycles. The van der Waals surface area contributed by atoms with Crippen molar-refractivity contribution < 1.29 is 9.47 Å². The Balaban J connectivity index is 2.05. The second-order valence-electron chi connectivity index (χ2n) is 3.09. The fraction of sp³-hybridized carbons (Fsp3) is 0.400. The molecule has 2 rings (SSSR count). The van der Waals surface area contributed by atoms with E-state index >= 15 is 0 Å². The first-order valence-electron chi connectivity index (χ1n) is 4.49. The van der Waals surface area contributed by atoms with Gasteiger partial charge < -0.3 is 9.47 Å². The zero-order valence-corrected chi connectivity index (χ0v) is 7.64. The zero-order chi connectivity index (χ0) is 9.80. The molecule has 0 radical (unpaired) electrons. The van der Waals surface area contributed by atoms with Crippen LogP contribution in [0.3, 0.4) is 0 Å². The first kappa shape index (κ1) is 8.97. The predicted molar refractivity (Wildman–Crippen MR) is 48.8 cm³/mol. The van der Waals surface area contributed by atoms with Crippen LogP contribution in [-0.2, 0) is 4.74 Å². The first-order chi connectivity index (χ1) is 6.88. The first-order valence-corrected chi connectivity index (χ1v) is 4.49. The molecule has 0 aliphatic carbocycles. The Morgan fingerprint density at radius 3 is 3.29 bits per heavy atom. The van der Waals surface area contributed by atoms with E-state index in [2.05, 4.69) is 4.98 Å². The summed E-state index contributed by atoms with van der Waals surface area (Å²) in [5, 5.41) is 8.63. The highest BCUT2D eigenvalue weighted by atomic mass is 16.5. The van der Waals surface area contributed by atoms with E-state index in [4.69, 9.17) is 14.7 Å². The van der Waals surface area contributed by atoms with Crippen LogP contribution in [0.5, 0.6) is 5.75 Å². The van der Waals surface area contributed by atoms with Gasteiger partial charge in [0.25, 0.3) is 0 Å². The lowest BCUT2D eigenvalue weighted by Gasteiger charge is -2.10. The van der Waals surface area contributed by atoms with Gasteiger partial charge in [0, 0.05) is 18.7 Å². The minimum absolute atomic E-state index is 0.115. The number of aromatic nitrogens is 1. The molecule has 4 heteroatoms. The van der Waals surface area contributed by atoms with Crippen LogP contribution in [-0.4, -0.2) is 24.3 Å². The molecule has 1 aromatic rings. The molecule has 14 heavy (non-hydrogen) atoms. The van der Waals surface area contributed by atoms with Gasteiger partial charge in [-0.3, -0.25) is 0 Å². The second kappa shape index (κ2) is 4.07. The van der Waals surface area contributed by atoms with E-state index < -0.39 is 0 Å². The average molecular weight is 190 g/mol. The molecule has 1 atom stereocenters. The molecule has 0 aromatic carbocycles. The van der Waals surface area contributed by atoms with E-state index in [-0.39, 0.29) is 6.10 Å². The molecule has 72 valence electrons. The highest BCUT2D eigenvalue weighted by Crippen LogP contribution is 2.16. The van der Waals surface area contributed by atoms with Gasteiger partial charge in [-0.15, -0.1) is 0 Å². The Labute approximate surface area is 82.1 Å². The van der Waals surface area contributed by atoms with Crippen LogP contribution in [0.1, 0.15) is 12.1 Å². The fourth-order valence-electron chi connectivity index (χ4n) is 1.34. The molecule has 4 nitrogen and oxygen atoms in total. The molecule has 1 aromatic heterocycles. The Morgan fingerprint density at radius 2 is 2.57 bits per heavy atom. The van der Waals surface area contributed by atoms with Gasteiger partial charge >= 0.3 is 0 Å². The molecular formula is C10H10N2O2. The molecule has 1 aliphatic heterocycles. The van der Waals surface area contributed by atoms with Crippen LogP contribution >= 0.6 is 0 Å². The van der Waals surface area contributed by atoms with Crippen molar-refractivity contribution in [1.29, 1.82) is 5.26 Å². The molecule has 1 aliphatic rings. The van der Waals surface area contributed by atoms with Crippen molar-refractivity contribution in [1.82, 2.24) is 4.98 Å². The number of hydrogen-bond acceptors (Lipinski definition) is 4. The maximum atomic E-state index is 8.63. The number of hydrogen-bond donors (Lipinski definition) is 0. The molecule has 1 saturated heterocycles. The Hall–Kier alpha value is -1.60. The highest BCUT2D eigenvalue weighted by Gasteiger charge is 2.17. The van der Waals surface area contributed by atoms with Crippen molar-refractivity contribution in [3.05, 3.63) is 24.0 Å². The van der Waals surface area contributed by atoms with Gasteiger partial charge in [-0.1, -0.05) is 0 Å². The number of nitrogens with zero attached hydrogens (tertiary/aromatic N) is 2. The monoisotopic (exact) mass is 190 g/mol. The summed E-state index contributed by atoms with van der Waals surface area (Å²) < 4.78 is 10.8. The quantitative estimate of drug-likeness (QED) is 0.701. The second-order valence-corrected chi connectivity index (χ2v) is 3.09. The third-order valence-corrected chi connectivity index (χ3v) is 2.04. The Morgan fingerprint density at radius 1 is 1.64 bits per heavy atom. The van der Waals surface area contributed by atoms with E-state index in [1.807, 2.05) is 6.07 Å². The van der Waals surface area contributed by atoms with Gasteiger partial charge in [0.05, 0.1) is 13.2 Å². The largest absolute Gasteiger partial charge is 0.488 e. The average Bonchev–Trinajstić information content (AvgIpc) is 2.71. The van der Waals surface area contributed by atoms with Crippen LogP contribution in [0.15, 0.2) is 18.3 Å². The number of nitriles is 1. The summed E-state index contributed by atoms with van der Waals surface area (Å²) in [6.07, 6.45) is 2.59. The Bertz CT molecular complexity index is 353. The summed E-state index contributed by atoms with van der Waals surface area (Å²) in [5.74, 6) is 0.687. The van der Waals surface area contributed by atoms with Crippen LogP contribution in [0.25, 0.3) is 0 Å². The summed E-state index contributed by atoms with van der Waals surface area (Å²) in [4.78, 5) is 3.86. The van der Waals surface area contributed by atoms with Crippen molar-refractivity contribution in [2.75, 3.05) is 13.2 Å². The highest BCUT2D eigenvalue weighted by molar-refractivity contribution is 5.29. The van der Waals surface area contributed by atoms with E-state index in [9.17, 15) is 0 Å². The molecule has 1 fully saturated rings. The zero-order valence-electron chi connectivity index (χ0n) is 7.64. The third kappa shape index (κ3) is 2.01. The maximum Gasteiger partial charge on any atom is 0.144 e. The van der Waals surface area contributed by atoms with Gasteiger partial charge in [-0.2, -0.15) is 5.26 Å². The normalized spacial score (nSPS) is 20.4. The van der Waals surface area contributed by atoms with Gasteiger partial charge in [-0.25, -0.2) is 4.98 Å². The summed E-state index contributed by atoms with van der Waals surface area (Å²) in [5.41, 5.74) is 0.376. The number of pyridine rings is 1. The standard InChI is InChI=1S/C10H10N2O2/c11-6-8-5-9(1-3-12-8)14-10-2-4-13-7-10/h1,3,5,10H,2,4,7H2/t10-/m0/s1. The summed E-state index contributed by atoms with van der Waals surface area (Å²) in [6.45, 7) is 1.38. The lowest BCUT2D eigenvalue weighted by molar-refractivity contribution is 0.141.